The number of hydrogen-bond acceptors (Lipinski definition) is 4. The second kappa shape index (κ2) is 7.00. The first-order valence-corrected chi connectivity index (χ1v) is 11.3. The van der Waals surface area contributed by atoms with Crippen LogP contribution in [0.3, 0.4) is 0 Å². The highest BCUT2D eigenvalue weighted by Crippen LogP contribution is 2.60. The van der Waals surface area contributed by atoms with Crippen molar-refractivity contribution in [1.82, 2.24) is 0 Å². The lowest BCUT2D eigenvalue weighted by molar-refractivity contribution is -0.118. The molecule has 3 atom stereocenters. The maximum absolute atomic E-state index is 14.2. The second-order valence-corrected chi connectivity index (χ2v) is 9.36. The SMILES string of the molecule is CC(=O)[C@H]1[C@H](c2ccc(Cl)cc2)C2(C(=O)c3ccccc3C2=O)C2C=Cc3ccccc3N21. The molecule has 2 heterocycles. The highest BCUT2D eigenvalue weighted by atomic mass is 35.5. The van der Waals surface area contributed by atoms with Gasteiger partial charge in [0, 0.05) is 27.8 Å². The standard InChI is InChI=1S/C28H20ClNO3/c1-16(31)25-24(18-10-13-19(29)14-11-18)28(26(32)20-7-3-4-8-21(20)27(28)33)23-15-12-17-6-2-5-9-22(17)30(23)25/h2-15,23-25H,1H3/t23?,24-,25-/m0/s1. The topological polar surface area (TPSA) is 54.5 Å². The highest BCUT2D eigenvalue weighted by molar-refractivity contribution is 6.32. The van der Waals surface area contributed by atoms with Gasteiger partial charge in [0.1, 0.15) is 5.41 Å². The summed E-state index contributed by atoms with van der Waals surface area (Å²) in [5.41, 5.74) is 2.00. The molecule has 3 aromatic carbocycles. The van der Waals surface area contributed by atoms with E-state index in [4.69, 9.17) is 11.6 Å². The molecule has 0 bridgehead atoms. The number of carbonyl (C=O) groups excluding carboxylic acids is 3. The number of para-hydroxylation sites is 1. The number of benzene rings is 3. The van der Waals surface area contributed by atoms with E-state index < -0.39 is 23.4 Å². The van der Waals surface area contributed by atoms with Gasteiger partial charge in [-0.1, -0.05) is 78.4 Å². The molecular weight excluding hydrogens is 434 g/mol. The normalized spacial score (nSPS) is 24.1. The quantitative estimate of drug-likeness (QED) is 0.490. The predicted molar refractivity (Wildman–Crippen MR) is 128 cm³/mol. The number of Topliss-reactive ketones (excluding diaryl/α,β-unsaturated/α-hetero) is 3. The molecule has 1 fully saturated rings. The third-order valence-electron chi connectivity index (χ3n) is 7.36. The summed E-state index contributed by atoms with van der Waals surface area (Å²) in [6, 6.07) is 20.7. The first kappa shape index (κ1) is 20.1. The fourth-order valence-corrected chi connectivity index (χ4v) is 6.24. The number of fused-ring (bicyclic) bond motifs is 5. The number of hydrogen-bond donors (Lipinski definition) is 0. The van der Waals surface area contributed by atoms with Crippen LogP contribution in [-0.4, -0.2) is 29.4 Å². The Hall–Kier alpha value is -3.50. The third-order valence-corrected chi connectivity index (χ3v) is 7.61. The number of anilines is 1. The monoisotopic (exact) mass is 453 g/mol. The Morgan fingerprint density at radius 2 is 1.48 bits per heavy atom. The van der Waals surface area contributed by atoms with Crippen LogP contribution in [0.4, 0.5) is 5.69 Å². The molecule has 0 amide bonds. The van der Waals surface area contributed by atoms with Crippen LogP contribution in [0.5, 0.6) is 0 Å². The molecule has 3 aliphatic rings. The van der Waals surface area contributed by atoms with Crippen molar-refractivity contribution in [3.63, 3.8) is 0 Å². The first-order chi connectivity index (χ1) is 16.0. The number of halogens is 1. The van der Waals surface area contributed by atoms with Gasteiger partial charge in [-0.05, 0) is 36.2 Å². The largest absolute Gasteiger partial charge is 0.352 e. The fourth-order valence-electron chi connectivity index (χ4n) is 6.11. The molecule has 2 aliphatic heterocycles. The molecule has 1 spiro atoms. The van der Waals surface area contributed by atoms with Crippen molar-refractivity contribution >= 4 is 40.7 Å². The van der Waals surface area contributed by atoms with Gasteiger partial charge in [-0.15, -0.1) is 0 Å². The van der Waals surface area contributed by atoms with Crippen molar-refractivity contribution in [2.75, 3.05) is 4.90 Å². The summed E-state index contributed by atoms with van der Waals surface area (Å²) in [6.07, 6.45) is 3.89. The van der Waals surface area contributed by atoms with Gasteiger partial charge < -0.3 is 4.90 Å². The van der Waals surface area contributed by atoms with Crippen LogP contribution in [0.1, 0.15) is 44.7 Å². The van der Waals surface area contributed by atoms with E-state index in [0.717, 1.165) is 16.8 Å². The van der Waals surface area contributed by atoms with E-state index in [1.807, 2.05) is 53.5 Å². The molecule has 5 heteroatoms. The van der Waals surface area contributed by atoms with E-state index in [1.54, 1.807) is 43.3 Å². The van der Waals surface area contributed by atoms with Crippen LogP contribution in [0.2, 0.25) is 5.02 Å². The van der Waals surface area contributed by atoms with Crippen LogP contribution in [0, 0.1) is 5.41 Å². The zero-order chi connectivity index (χ0) is 22.9. The lowest BCUT2D eigenvalue weighted by atomic mass is 9.64. The Morgan fingerprint density at radius 1 is 0.879 bits per heavy atom. The molecule has 1 aliphatic carbocycles. The zero-order valence-electron chi connectivity index (χ0n) is 17.9. The third kappa shape index (κ3) is 2.50. The zero-order valence-corrected chi connectivity index (χ0v) is 18.6. The van der Waals surface area contributed by atoms with E-state index >= 15 is 0 Å². The average molecular weight is 454 g/mol. The van der Waals surface area contributed by atoms with Gasteiger partial charge >= 0.3 is 0 Å². The Balaban J connectivity index is 1.68. The van der Waals surface area contributed by atoms with Gasteiger partial charge in [0.2, 0.25) is 0 Å². The number of nitrogens with zero attached hydrogens (tertiary/aromatic N) is 1. The number of carbonyl (C=O) groups is 3. The Bertz CT molecular complexity index is 1340. The second-order valence-electron chi connectivity index (χ2n) is 8.93. The predicted octanol–water partition coefficient (Wildman–Crippen LogP) is 5.36. The molecule has 33 heavy (non-hydrogen) atoms. The average Bonchev–Trinajstić information content (AvgIpc) is 3.27. The van der Waals surface area contributed by atoms with Gasteiger partial charge in [0.15, 0.2) is 17.3 Å². The Kier molecular flexibility index (Phi) is 4.27. The summed E-state index contributed by atoms with van der Waals surface area (Å²) in [5, 5.41) is 0.556. The van der Waals surface area contributed by atoms with Crippen LogP contribution in [0.15, 0.2) is 78.9 Å². The van der Waals surface area contributed by atoms with E-state index in [-0.39, 0.29) is 17.3 Å². The maximum Gasteiger partial charge on any atom is 0.180 e. The van der Waals surface area contributed by atoms with Gasteiger partial charge in [-0.2, -0.15) is 0 Å². The van der Waals surface area contributed by atoms with Crippen LogP contribution >= 0.6 is 11.6 Å². The van der Waals surface area contributed by atoms with Crippen molar-refractivity contribution in [2.45, 2.75) is 24.9 Å². The molecule has 0 aromatic heterocycles. The Labute approximate surface area is 196 Å². The van der Waals surface area contributed by atoms with Gasteiger partial charge in [-0.25, -0.2) is 0 Å². The molecule has 0 saturated carbocycles. The van der Waals surface area contributed by atoms with Crippen molar-refractivity contribution in [2.24, 2.45) is 5.41 Å². The summed E-state index contributed by atoms with van der Waals surface area (Å²) in [7, 11) is 0. The lowest BCUT2D eigenvalue weighted by Gasteiger charge is -2.37. The molecule has 0 N–H and O–H groups in total. The van der Waals surface area contributed by atoms with E-state index in [1.165, 1.54) is 0 Å². The first-order valence-electron chi connectivity index (χ1n) is 11.0. The summed E-state index contributed by atoms with van der Waals surface area (Å²) in [6.45, 7) is 1.54. The van der Waals surface area contributed by atoms with Gasteiger partial charge in [0.25, 0.3) is 0 Å². The van der Waals surface area contributed by atoms with Crippen LogP contribution < -0.4 is 4.90 Å². The summed E-state index contributed by atoms with van der Waals surface area (Å²) < 4.78 is 0. The van der Waals surface area contributed by atoms with Crippen LogP contribution in [0.25, 0.3) is 6.08 Å². The molecule has 3 aromatic rings. The highest BCUT2D eigenvalue weighted by Gasteiger charge is 2.71. The summed E-state index contributed by atoms with van der Waals surface area (Å²) in [4.78, 5) is 43.7. The van der Waals surface area contributed by atoms with Gasteiger partial charge in [0.05, 0.1) is 12.1 Å². The smallest absolute Gasteiger partial charge is 0.180 e. The molecule has 0 radical (unpaired) electrons. The fraction of sp³-hybridized carbons (Fsp3) is 0.179. The van der Waals surface area contributed by atoms with E-state index in [9.17, 15) is 14.4 Å². The summed E-state index contributed by atoms with van der Waals surface area (Å²) >= 11 is 6.17. The minimum atomic E-state index is -1.43. The van der Waals surface area contributed by atoms with Crippen molar-refractivity contribution in [3.8, 4) is 0 Å². The van der Waals surface area contributed by atoms with E-state index in [2.05, 4.69) is 0 Å². The molecule has 4 nitrogen and oxygen atoms in total. The lowest BCUT2D eigenvalue weighted by Crippen LogP contribution is -2.48. The number of ketones is 3. The van der Waals surface area contributed by atoms with E-state index in [0.29, 0.717) is 16.1 Å². The van der Waals surface area contributed by atoms with Gasteiger partial charge in [-0.3, -0.25) is 14.4 Å². The number of rotatable bonds is 2. The van der Waals surface area contributed by atoms with Crippen molar-refractivity contribution < 1.29 is 14.4 Å². The minimum Gasteiger partial charge on any atom is -0.352 e. The maximum atomic E-state index is 14.2. The molecular formula is C28H20ClNO3. The van der Waals surface area contributed by atoms with Crippen molar-refractivity contribution in [1.29, 1.82) is 0 Å². The van der Waals surface area contributed by atoms with Crippen molar-refractivity contribution in [3.05, 3.63) is 106 Å². The molecule has 1 unspecified atom stereocenters. The molecule has 162 valence electrons. The van der Waals surface area contributed by atoms with Crippen LogP contribution in [-0.2, 0) is 4.79 Å². The Morgan fingerprint density at radius 3 is 2.12 bits per heavy atom. The molecule has 6 rings (SSSR count). The molecule has 1 saturated heterocycles. The summed E-state index contributed by atoms with van der Waals surface area (Å²) in [5.74, 6) is -1.17. The minimum absolute atomic E-state index is 0.0847.